The summed E-state index contributed by atoms with van der Waals surface area (Å²) in [5.74, 6) is -2.06. The predicted octanol–water partition coefficient (Wildman–Crippen LogP) is 1.51. The molecule has 0 aromatic carbocycles. The Morgan fingerprint density at radius 2 is 2.21 bits per heavy atom. The molecule has 2 fully saturated rings. The second-order valence-electron chi connectivity index (χ2n) is 8.20. The lowest BCUT2D eigenvalue weighted by Crippen LogP contribution is -2.63. The maximum atomic E-state index is 15.3. The summed E-state index contributed by atoms with van der Waals surface area (Å²) >= 11 is 0. The van der Waals surface area contributed by atoms with Crippen LogP contribution in [0.15, 0.2) is 46.7 Å². The van der Waals surface area contributed by atoms with Crippen LogP contribution in [0.25, 0.3) is 16.7 Å². The number of oxime groups is 1. The Kier molecular flexibility index (Phi) is 4.85. The van der Waals surface area contributed by atoms with Gasteiger partial charge in [-0.15, -0.1) is 0 Å². The molecule has 0 radical (unpaired) electrons. The zero-order valence-corrected chi connectivity index (χ0v) is 18.0. The standard InChI is InChI=1S/C22H21FN6O4/c1-27-7-5-22(27)12-28(11-17(22)26-33-2)20-16(23)8-14-18(30)15(21(31)32)10-29(19(14)25-20)13-4-3-6-24-9-13/h3-4,6,8-10H,5,7,11-12H2,1-2H3,(H,31,32)/b26-17+. The maximum Gasteiger partial charge on any atom is 0.341 e. The highest BCUT2D eigenvalue weighted by Gasteiger charge is 2.53. The molecule has 1 N–H and O–H groups in total. The highest BCUT2D eigenvalue weighted by Crippen LogP contribution is 2.38. The minimum atomic E-state index is -1.40. The highest BCUT2D eigenvalue weighted by molar-refractivity contribution is 6.01. The van der Waals surface area contributed by atoms with E-state index in [4.69, 9.17) is 4.84 Å². The number of nitrogens with zero attached hydrogens (tertiary/aromatic N) is 6. The summed E-state index contributed by atoms with van der Waals surface area (Å²) in [5, 5.41) is 13.6. The molecule has 0 amide bonds. The van der Waals surface area contributed by atoms with Crippen molar-refractivity contribution in [3.63, 3.8) is 0 Å². The number of aromatic nitrogens is 3. The Morgan fingerprint density at radius 3 is 2.82 bits per heavy atom. The van der Waals surface area contributed by atoms with Crippen LogP contribution in [-0.2, 0) is 4.84 Å². The van der Waals surface area contributed by atoms with Crippen LogP contribution in [0.1, 0.15) is 16.8 Å². The van der Waals surface area contributed by atoms with Gasteiger partial charge in [-0.1, -0.05) is 5.16 Å². The van der Waals surface area contributed by atoms with Gasteiger partial charge in [-0.2, -0.15) is 0 Å². The third-order valence-corrected chi connectivity index (χ3v) is 6.49. The molecule has 11 heteroatoms. The number of likely N-dealkylation sites (tertiary alicyclic amines) is 1. The molecule has 0 saturated carbocycles. The van der Waals surface area contributed by atoms with Crippen molar-refractivity contribution in [1.82, 2.24) is 19.4 Å². The Morgan fingerprint density at radius 1 is 1.39 bits per heavy atom. The maximum absolute atomic E-state index is 15.3. The first-order valence-electron chi connectivity index (χ1n) is 10.3. The third kappa shape index (κ3) is 3.15. The molecule has 1 spiro atoms. The van der Waals surface area contributed by atoms with Gasteiger partial charge in [-0.25, -0.2) is 14.2 Å². The Labute approximate surface area is 187 Å². The summed E-state index contributed by atoms with van der Waals surface area (Å²) in [6.07, 6.45) is 5.14. The molecule has 33 heavy (non-hydrogen) atoms. The van der Waals surface area contributed by atoms with Crippen LogP contribution in [0.2, 0.25) is 0 Å². The van der Waals surface area contributed by atoms with Crippen LogP contribution in [0.5, 0.6) is 0 Å². The fourth-order valence-electron chi connectivity index (χ4n) is 4.62. The van der Waals surface area contributed by atoms with Gasteiger partial charge in [0.15, 0.2) is 17.3 Å². The predicted molar refractivity (Wildman–Crippen MR) is 119 cm³/mol. The monoisotopic (exact) mass is 452 g/mol. The number of carboxylic acid groups (broad SMARTS) is 1. The van der Waals surface area contributed by atoms with Gasteiger partial charge in [-0.05, 0) is 31.7 Å². The fourth-order valence-corrected chi connectivity index (χ4v) is 4.62. The van der Waals surface area contributed by atoms with Crippen molar-refractivity contribution >= 4 is 28.5 Å². The van der Waals surface area contributed by atoms with Gasteiger partial charge in [0, 0.05) is 25.5 Å². The summed E-state index contributed by atoms with van der Waals surface area (Å²) in [4.78, 5) is 42.0. The van der Waals surface area contributed by atoms with E-state index in [2.05, 4.69) is 20.0 Å². The van der Waals surface area contributed by atoms with Gasteiger partial charge >= 0.3 is 5.97 Å². The number of halogens is 1. The summed E-state index contributed by atoms with van der Waals surface area (Å²) < 4.78 is 16.8. The number of likely N-dealkylation sites (N-methyl/N-ethyl adjacent to an activating group) is 1. The lowest BCUT2D eigenvalue weighted by atomic mass is 9.83. The van der Waals surface area contributed by atoms with Crippen LogP contribution in [0, 0.1) is 5.82 Å². The van der Waals surface area contributed by atoms with Gasteiger partial charge in [0.25, 0.3) is 0 Å². The average Bonchev–Trinajstić information content (AvgIpc) is 3.20. The van der Waals surface area contributed by atoms with Crippen molar-refractivity contribution in [2.24, 2.45) is 5.16 Å². The molecule has 0 aliphatic carbocycles. The average molecular weight is 452 g/mol. The molecule has 3 aromatic rings. The van der Waals surface area contributed by atoms with Crippen LogP contribution in [-0.4, -0.2) is 75.6 Å². The van der Waals surface area contributed by atoms with Crippen molar-refractivity contribution in [1.29, 1.82) is 0 Å². The second-order valence-corrected chi connectivity index (χ2v) is 8.20. The van der Waals surface area contributed by atoms with E-state index in [0.717, 1.165) is 24.7 Å². The molecule has 2 saturated heterocycles. The fraction of sp³-hybridized carbons (Fsp3) is 0.318. The molecular weight excluding hydrogens is 431 g/mol. The zero-order valence-electron chi connectivity index (χ0n) is 18.0. The normalized spacial score (nSPS) is 21.7. The quantitative estimate of drug-likeness (QED) is 0.593. The van der Waals surface area contributed by atoms with Crippen molar-refractivity contribution in [3.05, 3.63) is 58.4 Å². The van der Waals surface area contributed by atoms with E-state index in [0.29, 0.717) is 18.8 Å². The molecule has 2 aliphatic heterocycles. The number of aromatic carboxylic acids is 1. The first-order chi connectivity index (χ1) is 15.9. The number of fused-ring (bicyclic) bond motifs is 1. The van der Waals surface area contributed by atoms with E-state index in [1.807, 2.05) is 7.05 Å². The lowest BCUT2D eigenvalue weighted by Gasteiger charge is -2.48. The van der Waals surface area contributed by atoms with Gasteiger partial charge in [0.05, 0.1) is 35.1 Å². The van der Waals surface area contributed by atoms with Crippen molar-refractivity contribution in [2.45, 2.75) is 12.0 Å². The molecule has 10 nitrogen and oxygen atoms in total. The molecule has 3 aromatic heterocycles. The van der Waals surface area contributed by atoms with E-state index in [9.17, 15) is 14.7 Å². The van der Waals surface area contributed by atoms with Gasteiger partial charge in [-0.3, -0.25) is 19.2 Å². The van der Waals surface area contributed by atoms with Crippen molar-refractivity contribution in [3.8, 4) is 5.69 Å². The Hall–Kier alpha value is -3.86. The number of carbonyl (C=O) groups is 1. The van der Waals surface area contributed by atoms with E-state index < -0.39 is 22.8 Å². The van der Waals surface area contributed by atoms with E-state index in [-0.39, 0.29) is 22.4 Å². The number of pyridine rings is 3. The van der Waals surface area contributed by atoms with E-state index >= 15 is 4.39 Å². The van der Waals surface area contributed by atoms with Gasteiger partial charge in [0.1, 0.15) is 12.7 Å². The first kappa shape index (κ1) is 21.0. The van der Waals surface area contributed by atoms with Crippen molar-refractivity contribution < 1.29 is 19.1 Å². The Balaban J connectivity index is 1.70. The minimum Gasteiger partial charge on any atom is -0.477 e. The molecular formula is C22H21FN6O4. The molecule has 2 aliphatic rings. The highest BCUT2D eigenvalue weighted by atomic mass is 19.1. The zero-order chi connectivity index (χ0) is 23.3. The number of hydrogen-bond acceptors (Lipinski definition) is 8. The smallest absolute Gasteiger partial charge is 0.341 e. The molecule has 5 rings (SSSR count). The minimum absolute atomic E-state index is 0.0589. The lowest BCUT2D eigenvalue weighted by molar-refractivity contribution is 0.0695. The molecule has 5 heterocycles. The number of anilines is 1. The van der Waals surface area contributed by atoms with Gasteiger partial charge < -0.3 is 14.8 Å². The van der Waals surface area contributed by atoms with Crippen LogP contribution < -0.4 is 10.3 Å². The number of rotatable bonds is 4. The molecule has 170 valence electrons. The topological polar surface area (TPSA) is 113 Å². The first-order valence-corrected chi connectivity index (χ1v) is 10.3. The molecule has 1 atom stereocenters. The van der Waals surface area contributed by atoms with Crippen molar-refractivity contribution in [2.75, 3.05) is 38.7 Å². The SMILES string of the molecule is CO/N=C1\CN(c2nc3c(cc2F)c(=O)c(C(=O)O)cn3-c2cccnc2)CC12CCN2C. The molecule has 0 bridgehead atoms. The van der Waals surface area contributed by atoms with Crippen LogP contribution >= 0.6 is 0 Å². The van der Waals surface area contributed by atoms with Crippen LogP contribution in [0.4, 0.5) is 10.2 Å². The summed E-state index contributed by atoms with van der Waals surface area (Å²) in [5.41, 5.74) is -0.211. The summed E-state index contributed by atoms with van der Waals surface area (Å²) in [7, 11) is 3.46. The second kappa shape index (κ2) is 7.62. The number of carboxylic acids is 1. The third-order valence-electron chi connectivity index (χ3n) is 6.49. The summed E-state index contributed by atoms with van der Waals surface area (Å²) in [6, 6.07) is 4.43. The van der Waals surface area contributed by atoms with Gasteiger partial charge in [0.2, 0.25) is 5.43 Å². The molecule has 1 unspecified atom stereocenters. The Bertz CT molecular complexity index is 1360. The van der Waals surface area contributed by atoms with E-state index in [1.54, 1.807) is 23.2 Å². The van der Waals surface area contributed by atoms with Crippen LogP contribution in [0.3, 0.4) is 0 Å². The number of hydrogen-bond donors (Lipinski definition) is 1. The largest absolute Gasteiger partial charge is 0.477 e. The summed E-state index contributed by atoms with van der Waals surface area (Å²) in [6.45, 7) is 1.67. The van der Waals surface area contributed by atoms with E-state index in [1.165, 1.54) is 24.1 Å².